The molecule has 2 amide bonds. The normalized spacial score (nSPS) is 33.8. The Balaban J connectivity index is 1.24. The third-order valence-electron chi connectivity index (χ3n) is 7.91. The highest BCUT2D eigenvalue weighted by Crippen LogP contribution is 2.52. The van der Waals surface area contributed by atoms with Crippen molar-refractivity contribution in [1.82, 2.24) is 15.5 Å². The fourth-order valence-electron chi connectivity index (χ4n) is 6.15. The Labute approximate surface area is 178 Å². The molecule has 2 aliphatic heterocycles. The van der Waals surface area contributed by atoms with Crippen LogP contribution >= 0.6 is 0 Å². The summed E-state index contributed by atoms with van der Waals surface area (Å²) in [5.41, 5.74) is -0.0418. The lowest BCUT2D eigenvalue weighted by Gasteiger charge is -2.55. The van der Waals surface area contributed by atoms with E-state index in [1.54, 1.807) is 6.07 Å². The molecule has 0 aromatic heterocycles. The zero-order valence-corrected chi connectivity index (χ0v) is 18.0. The summed E-state index contributed by atoms with van der Waals surface area (Å²) in [5, 5.41) is 6.53. The van der Waals surface area contributed by atoms with E-state index in [9.17, 15) is 9.59 Å². The molecule has 0 radical (unpaired) electrons. The number of amides is 2. The first kappa shape index (κ1) is 19.9. The molecule has 1 spiro atoms. The van der Waals surface area contributed by atoms with E-state index < -0.39 is 5.72 Å². The van der Waals surface area contributed by atoms with Crippen LogP contribution in [0.1, 0.15) is 62.7 Å². The molecule has 162 valence electrons. The Bertz CT molecular complexity index is 833. The van der Waals surface area contributed by atoms with Gasteiger partial charge in [-0.15, -0.1) is 0 Å². The quantitative estimate of drug-likeness (QED) is 0.802. The largest absolute Gasteiger partial charge is 0.467 e. The molecule has 4 fully saturated rings. The zero-order valence-electron chi connectivity index (χ0n) is 18.0. The van der Waals surface area contributed by atoms with Gasteiger partial charge in [0.1, 0.15) is 5.75 Å². The van der Waals surface area contributed by atoms with Crippen molar-refractivity contribution in [3.05, 3.63) is 29.8 Å². The smallest absolute Gasteiger partial charge is 0.258 e. The number of nitrogens with zero attached hydrogens (tertiary/aromatic N) is 1. The Morgan fingerprint density at radius 2 is 1.97 bits per heavy atom. The number of para-hydroxylation sites is 1. The first-order chi connectivity index (χ1) is 14.4. The number of nitrogens with one attached hydrogen (secondary N) is 2. The van der Waals surface area contributed by atoms with Gasteiger partial charge in [-0.05, 0) is 64.0 Å². The van der Waals surface area contributed by atoms with Gasteiger partial charge in [0.15, 0.2) is 5.72 Å². The minimum absolute atomic E-state index is 0.0372. The second-order valence-electron chi connectivity index (χ2n) is 9.94. The van der Waals surface area contributed by atoms with Gasteiger partial charge in [0.05, 0.1) is 5.56 Å². The van der Waals surface area contributed by atoms with Gasteiger partial charge in [-0.2, -0.15) is 0 Å². The molecule has 5 aliphatic rings. The van der Waals surface area contributed by atoms with Gasteiger partial charge >= 0.3 is 0 Å². The lowest BCUT2D eigenvalue weighted by Crippen LogP contribution is -2.67. The predicted octanol–water partition coefficient (Wildman–Crippen LogP) is 2.93. The van der Waals surface area contributed by atoms with Crippen LogP contribution in [0.4, 0.5) is 0 Å². The average molecular weight is 412 g/mol. The van der Waals surface area contributed by atoms with E-state index in [2.05, 4.69) is 29.4 Å². The summed E-state index contributed by atoms with van der Waals surface area (Å²) in [5.74, 6) is 1.31. The highest BCUT2D eigenvalue weighted by Gasteiger charge is 2.57. The molecule has 30 heavy (non-hydrogen) atoms. The van der Waals surface area contributed by atoms with Crippen molar-refractivity contribution in [3.63, 3.8) is 0 Å². The maximum absolute atomic E-state index is 13.2. The van der Waals surface area contributed by atoms with Crippen LogP contribution in [0.2, 0.25) is 0 Å². The number of benzene rings is 1. The van der Waals surface area contributed by atoms with E-state index in [0.29, 0.717) is 23.4 Å². The molecule has 2 bridgehead atoms. The number of rotatable bonds is 3. The monoisotopic (exact) mass is 411 g/mol. The molecule has 6 rings (SSSR count). The summed E-state index contributed by atoms with van der Waals surface area (Å²) in [6, 6.07) is 8.32. The summed E-state index contributed by atoms with van der Waals surface area (Å²) >= 11 is 0. The number of hydrogen-bond donors (Lipinski definition) is 2. The standard InChI is InChI=1S/C24H33N3O3/c1-15(2)27-11-9-18(10-12-27)25-22(28)20-13-17-8-7-16(20)14-24(17)26-23(29)19-5-3-4-6-21(19)30-24/h3-6,15-18,20H,7-14H2,1-2H3,(H,25,28)(H,26,29). The first-order valence-corrected chi connectivity index (χ1v) is 11.6. The van der Waals surface area contributed by atoms with Gasteiger partial charge in [-0.3, -0.25) is 9.59 Å². The SMILES string of the molecule is CC(C)N1CCC(NC(=O)C2CC3CCC2CC32NC(=O)c3ccccc3O2)CC1. The van der Waals surface area contributed by atoms with Crippen LogP contribution in [-0.2, 0) is 4.79 Å². The number of carbonyl (C=O) groups is 2. The second-order valence-corrected chi connectivity index (χ2v) is 9.94. The van der Waals surface area contributed by atoms with Crippen LogP contribution in [0, 0.1) is 17.8 Å². The summed E-state index contributed by atoms with van der Waals surface area (Å²) in [6.45, 7) is 6.58. The maximum Gasteiger partial charge on any atom is 0.258 e. The van der Waals surface area contributed by atoms with E-state index in [4.69, 9.17) is 4.74 Å². The van der Waals surface area contributed by atoms with Crippen molar-refractivity contribution in [2.45, 2.75) is 70.2 Å². The van der Waals surface area contributed by atoms with Gasteiger partial charge < -0.3 is 20.3 Å². The highest BCUT2D eigenvalue weighted by atomic mass is 16.5. The van der Waals surface area contributed by atoms with Gasteiger partial charge in [-0.25, -0.2) is 0 Å². The molecule has 1 aromatic carbocycles. The van der Waals surface area contributed by atoms with Crippen LogP contribution in [0.5, 0.6) is 5.75 Å². The molecule has 3 aliphatic carbocycles. The summed E-state index contributed by atoms with van der Waals surface area (Å²) in [6.07, 6.45) is 5.63. The Morgan fingerprint density at radius 3 is 2.67 bits per heavy atom. The van der Waals surface area contributed by atoms with Crippen molar-refractivity contribution < 1.29 is 14.3 Å². The topological polar surface area (TPSA) is 70.7 Å². The molecule has 2 N–H and O–H groups in total. The van der Waals surface area contributed by atoms with Crippen molar-refractivity contribution in [3.8, 4) is 5.75 Å². The van der Waals surface area contributed by atoms with Crippen LogP contribution in [0.3, 0.4) is 0 Å². The van der Waals surface area contributed by atoms with E-state index in [1.165, 1.54) is 0 Å². The van der Waals surface area contributed by atoms with Crippen LogP contribution in [0.25, 0.3) is 0 Å². The fraction of sp³-hybridized carbons (Fsp3) is 0.667. The van der Waals surface area contributed by atoms with Crippen molar-refractivity contribution in [2.75, 3.05) is 13.1 Å². The van der Waals surface area contributed by atoms with Gasteiger partial charge in [0.25, 0.3) is 5.91 Å². The predicted molar refractivity (Wildman–Crippen MR) is 114 cm³/mol. The second kappa shape index (κ2) is 7.56. The molecule has 2 heterocycles. The third kappa shape index (κ3) is 3.39. The Kier molecular flexibility index (Phi) is 5.00. The van der Waals surface area contributed by atoms with Gasteiger partial charge in [0.2, 0.25) is 5.91 Å². The molecular weight excluding hydrogens is 378 g/mol. The summed E-state index contributed by atoms with van der Waals surface area (Å²) < 4.78 is 6.41. The first-order valence-electron chi connectivity index (χ1n) is 11.6. The van der Waals surface area contributed by atoms with Gasteiger partial charge in [-0.1, -0.05) is 12.1 Å². The maximum atomic E-state index is 13.2. The number of ether oxygens (including phenoxy) is 1. The molecule has 6 nitrogen and oxygen atoms in total. The van der Waals surface area contributed by atoms with Gasteiger partial charge in [0, 0.05) is 43.4 Å². The van der Waals surface area contributed by atoms with E-state index in [1.807, 2.05) is 18.2 Å². The van der Waals surface area contributed by atoms with Crippen molar-refractivity contribution >= 4 is 11.8 Å². The van der Waals surface area contributed by atoms with Crippen molar-refractivity contribution in [2.24, 2.45) is 17.8 Å². The fourth-order valence-corrected chi connectivity index (χ4v) is 6.15. The minimum atomic E-state index is -0.645. The Morgan fingerprint density at radius 1 is 1.20 bits per heavy atom. The highest BCUT2D eigenvalue weighted by molar-refractivity contribution is 5.98. The number of hydrogen-bond acceptors (Lipinski definition) is 4. The molecule has 3 saturated carbocycles. The average Bonchev–Trinajstić information content (AvgIpc) is 2.74. The zero-order chi connectivity index (χ0) is 20.9. The van der Waals surface area contributed by atoms with E-state index in [-0.39, 0.29) is 29.6 Å². The molecule has 1 saturated heterocycles. The lowest BCUT2D eigenvalue weighted by molar-refractivity contribution is -0.147. The number of likely N-dealkylation sites (tertiary alicyclic amines) is 1. The molecule has 4 unspecified atom stereocenters. The van der Waals surface area contributed by atoms with E-state index >= 15 is 0 Å². The van der Waals surface area contributed by atoms with Crippen LogP contribution < -0.4 is 15.4 Å². The molecule has 4 atom stereocenters. The van der Waals surface area contributed by atoms with Crippen LogP contribution in [-0.4, -0.2) is 47.6 Å². The number of fused-ring (bicyclic) bond motifs is 3. The number of piperidine rings is 1. The summed E-state index contributed by atoms with van der Waals surface area (Å²) in [7, 11) is 0. The molecule has 1 aromatic rings. The summed E-state index contributed by atoms with van der Waals surface area (Å²) in [4.78, 5) is 28.3. The molecule has 6 heteroatoms. The van der Waals surface area contributed by atoms with E-state index in [0.717, 1.165) is 51.6 Å². The Hall–Kier alpha value is -2.08. The lowest BCUT2D eigenvalue weighted by atomic mass is 9.60. The number of carbonyl (C=O) groups excluding carboxylic acids is 2. The van der Waals surface area contributed by atoms with Crippen molar-refractivity contribution in [1.29, 1.82) is 0 Å². The third-order valence-corrected chi connectivity index (χ3v) is 7.91. The van der Waals surface area contributed by atoms with Crippen LogP contribution in [0.15, 0.2) is 24.3 Å². The minimum Gasteiger partial charge on any atom is -0.467 e. The molecular formula is C24H33N3O3.